The summed E-state index contributed by atoms with van der Waals surface area (Å²) >= 11 is 0. The van der Waals surface area contributed by atoms with Crippen molar-refractivity contribution in [3.05, 3.63) is 54.1 Å². The molecule has 0 aliphatic carbocycles. The molecule has 0 saturated heterocycles. The molecule has 0 amide bonds. The Morgan fingerprint density at radius 2 is 1.46 bits per heavy atom. The third-order valence-corrected chi connectivity index (χ3v) is 5.70. The van der Waals surface area contributed by atoms with Gasteiger partial charge in [0, 0.05) is 12.5 Å². The zero-order valence-corrected chi connectivity index (χ0v) is 15.9. The molecule has 0 aromatic heterocycles. The zero-order chi connectivity index (χ0) is 19.5. The summed E-state index contributed by atoms with van der Waals surface area (Å²) in [5, 5.41) is 0. The number of carbonyl (C=O) groups is 1. The summed E-state index contributed by atoms with van der Waals surface area (Å²) < 4.78 is 52.4. The lowest BCUT2D eigenvalue weighted by molar-refractivity contribution is -0.135. The van der Waals surface area contributed by atoms with Crippen LogP contribution in [0.25, 0.3) is 0 Å². The maximum Gasteiger partial charge on any atom is 0.328 e. The lowest BCUT2D eigenvalue weighted by Crippen LogP contribution is -2.36. The number of carbonyl (C=O) groups excluding carboxylic acids is 1. The molecule has 0 spiro atoms. The van der Waals surface area contributed by atoms with E-state index < -0.39 is 31.7 Å². The fourth-order valence-electron chi connectivity index (χ4n) is 2.19. The number of benzene rings is 2. The number of esters is 1. The van der Waals surface area contributed by atoms with E-state index in [1.807, 2.05) is 0 Å². The molecule has 0 fully saturated rings. The Hall–Kier alpha value is -2.23. The second-order valence-corrected chi connectivity index (χ2v) is 9.93. The molecule has 2 aromatic carbocycles. The molecule has 2 aromatic rings. The van der Waals surface area contributed by atoms with Crippen molar-refractivity contribution in [2.24, 2.45) is 5.73 Å². The minimum absolute atomic E-state index is 0.0719. The van der Waals surface area contributed by atoms with Gasteiger partial charge in [-0.15, -0.1) is 0 Å². The third kappa shape index (κ3) is 5.38. The van der Waals surface area contributed by atoms with Gasteiger partial charge in [0.05, 0.1) is 9.79 Å². The zero-order valence-electron chi connectivity index (χ0n) is 14.2. The van der Waals surface area contributed by atoms with Gasteiger partial charge in [-0.3, -0.25) is 0 Å². The average molecular weight is 397 g/mol. The monoisotopic (exact) mass is 397 g/mol. The highest BCUT2D eigenvalue weighted by atomic mass is 32.2. The molecule has 1 atom stereocenters. The molecule has 0 aliphatic heterocycles. The van der Waals surface area contributed by atoms with E-state index in [1.165, 1.54) is 12.1 Å². The molecule has 0 heterocycles. The normalized spacial score (nSPS) is 13.2. The highest BCUT2D eigenvalue weighted by molar-refractivity contribution is 7.91. The predicted octanol–water partition coefficient (Wildman–Crippen LogP) is 0.969. The summed E-state index contributed by atoms with van der Waals surface area (Å²) in [6.07, 6.45) is 1.88. The lowest BCUT2D eigenvalue weighted by atomic mass is 10.1. The summed E-state index contributed by atoms with van der Waals surface area (Å²) in [4.78, 5) is 11.8. The van der Waals surface area contributed by atoms with Crippen LogP contribution in [-0.4, -0.2) is 41.4 Å². The number of hydrogen-bond acceptors (Lipinski definition) is 7. The number of hydrogen-bond donors (Lipinski definition) is 1. The van der Waals surface area contributed by atoms with E-state index in [9.17, 15) is 21.6 Å². The average Bonchev–Trinajstić information content (AvgIpc) is 2.53. The van der Waals surface area contributed by atoms with Crippen LogP contribution in [0.3, 0.4) is 0 Å². The standard InChI is InChI=1S/C17H19NO6S2/c1-25(20,21)14-8-12(9-15(11-14)26(2,22)23)10-16(18)17(19)24-13-6-4-3-5-7-13/h3-9,11,16H,10,18H2,1-2H3. The second-order valence-electron chi connectivity index (χ2n) is 5.90. The Kier molecular flexibility index (Phi) is 5.84. The largest absolute Gasteiger partial charge is 0.425 e. The van der Waals surface area contributed by atoms with Crippen LogP contribution < -0.4 is 10.5 Å². The van der Waals surface area contributed by atoms with Gasteiger partial charge in [-0.1, -0.05) is 18.2 Å². The van der Waals surface area contributed by atoms with Crippen molar-refractivity contribution in [1.29, 1.82) is 0 Å². The first kappa shape index (κ1) is 20.1. The van der Waals surface area contributed by atoms with Crippen molar-refractivity contribution in [3.8, 4) is 5.75 Å². The molecule has 7 nitrogen and oxygen atoms in total. The van der Waals surface area contributed by atoms with Crippen LogP contribution in [0.5, 0.6) is 5.75 Å². The number of para-hydroxylation sites is 1. The van der Waals surface area contributed by atoms with E-state index in [0.717, 1.165) is 18.6 Å². The van der Waals surface area contributed by atoms with Crippen LogP contribution in [-0.2, 0) is 30.9 Å². The topological polar surface area (TPSA) is 121 Å². The van der Waals surface area contributed by atoms with Crippen molar-refractivity contribution in [2.45, 2.75) is 22.3 Å². The summed E-state index contributed by atoms with van der Waals surface area (Å²) in [6, 6.07) is 11.0. The van der Waals surface area contributed by atoms with E-state index in [2.05, 4.69) is 0 Å². The predicted molar refractivity (Wildman–Crippen MR) is 96.4 cm³/mol. The highest BCUT2D eigenvalue weighted by Crippen LogP contribution is 2.20. The number of ether oxygens (including phenoxy) is 1. The summed E-state index contributed by atoms with van der Waals surface area (Å²) in [7, 11) is -7.27. The summed E-state index contributed by atoms with van der Waals surface area (Å²) in [6.45, 7) is 0. The third-order valence-electron chi connectivity index (χ3n) is 3.52. The van der Waals surface area contributed by atoms with Crippen LogP contribution in [0.1, 0.15) is 5.56 Å². The SMILES string of the molecule is CS(=O)(=O)c1cc(CC(N)C(=O)Oc2ccccc2)cc(S(C)(=O)=O)c1. The Bertz CT molecular complexity index is 964. The van der Waals surface area contributed by atoms with Gasteiger partial charge in [0.25, 0.3) is 0 Å². The molecule has 0 radical (unpaired) electrons. The van der Waals surface area contributed by atoms with Gasteiger partial charge in [-0.25, -0.2) is 21.6 Å². The van der Waals surface area contributed by atoms with Crippen LogP contribution in [0.15, 0.2) is 58.3 Å². The van der Waals surface area contributed by atoms with Crippen molar-refractivity contribution in [3.63, 3.8) is 0 Å². The second kappa shape index (κ2) is 7.56. The molecular formula is C17H19NO6S2. The van der Waals surface area contributed by atoms with E-state index in [0.29, 0.717) is 11.3 Å². The van der Waals surface area contributed by atoms with Gasteiger partial charge in [0.1, 0.15) is 11.8 Å². The van der Waals surface area contributed by atoms with Crippen LogP contribution in [0.2, 0.25) is 0 Å². The van der Waals surface area contributed by atoms with Gasteiger partial charge in [0.15, 0.2) is 19.7 Å². The molecule has 0 saturated carbocycles. The number of sulfone groups is 2. The Morgan fingerprint density at radius 3 is 1.92 bits per heavy atom. The minimum Gasteiger partial charge on any atom is -0.425 e. The molecule has 0 bridgehead atoms. The fourth-order valence-corrected chi connectivity index (χ4v) is 3.68. The van der Waals surface area contributed by atoms with E-state index in [4.69, 9.17) is 10.5 Å². The minimum atomic E-state index is -3.63. The lowest BCUT2D eigenvalue weighted by Gasteiger charge is -2.13. The Morgan fingerprint density at radius 1 is 0.962 bits per heavy atom. The van der Waals surface area contributed by atoms with E-state index >= 15 is 0 Å². The quantitative estimate of drug-likeness (QED) is 0.569. The van der Waals surface area contributed by atoms with Gasteiger partial charge in [-0.05, 0) is 42.3 Å². The summed E-state index contributed by atoms with van der Waals surface area (Å²) in [5.74, 6) is -0.378. The first-order chi connectivity index (χ1) is 12.0. The fraction of sp³-hybridized carbons (Fsp3) is 0.235. The smallest absolute Gasteiger partial charge is 0.328 e. The summed E-state index contributed by atoms with van der Waals surface area (Å²) in [5.41, 5.74) is 6.15. The molecule has 2 N–H and O–H groups in total. The van der Waals surface area contributed by atoms with E-state index in [1.54, 1.807) is 30.3 Å². The maximum absolute atomic E-state index is 12.1. The van der Waals surface area contributed by atoms with Crippen molar-refractivity contribution in [1.82, 2.24) is 0 Å². The van der Waals surface area contributed by atoms with Crippen LogP contribution in [0.4, 0.5) is 0 Å². The molecule has 2 rings (SSSR count). The van der Waals surface area contributed by atoms with Gasteiger partial charge in [0.2, 0.25) is 0 Å². The number of nitrogens with two attached hydrogens (primary N) is 1. The van der Waals surface area contributed by atoms with Crippen LogP contribution >= 0.6 is 0 Å². The molecule has 1 unspecified atom stereocenters. The van der Waals surface area contributed by atoms with Gasteiger partial charge in [-0.2, -0.15) is 0 Å². The van der Waals surface area contributed by atoms with Crippen LogP contribution in [0, 0.1) is 0 Å². The van der Waals surface area contributed by atoms with Crippen molar-refractivity contribution < 1.29 is 26.4 Å². The molecular weight excluding hydrogens is 378 g/mol. The van der Waals surface area contributed by atoms with Crippen molar-refractivity contribution in [2.75, 3.05) is 12.5 Å². The van der Waals surface area contributed by atoms with E-state index in [-0.39, 0.29) is 16.2 Å². The van der Waals surface area contributed by atoms with Gasteiger partial charge < -0.3 is 10.5 Å². The Labute approximate surface area is 152 Å². The molecule has 26 heavy (non-hydrogen) atoms. The van der Waals surface area contributed by atoms with Gasteiger partial charge >= 0.3 is 5.97 Å². The first-order valence-corrected chi connectivity index (χ1v) is 11.3. The maximum atomic E-state index is 12.1. The molecule has 140 valence electrons. The molecule has 9 heteroatoms. The first-order valence-electron chi connectivity index (χ1n) is 7.53. The van der Waals surface area contributed by atoms with Crippen molar-refractivity contribution >= 4 is 25.6 Å². The number of rotatable bonds is 6. The molecule has 0 aliphatic rings. The highest BCUT2D eigenvalue weighted by Gasteiger charge is 2.20. The Balaban J connectivity index is 2.29.